The number of carbonyl (C=O) groups is 2. The lowest BCUT2D eigenvalue weighted by molar-refractivity contribution is 0.0691. The largest absolute Gasteiger partial charge is 0.286 e. The van der Waals surface area contributed by atoms with Gasteiger partial charge in [-0.15, -0.1) is 0 Å². The highest BCUT2D eigenvalue weighted by atomic mass is 16.2. The number of carbonyl (C=O) groups excluding carboxylic acids is 2. The highest BCUT2D eigenvalue weighted by Crippen LogP contribution is 2.16. The van der Waals surface area contributed by atoms with Crippen LogP contribution in [0.25, 0.3) is 5.65 Å². The Labute approximate surface area is 95.6 Å². The van der Waals surface area contributed by atoms with Gasteiger partial charge in [0.2, 0.25) is 0 Å². The summed E-state index contributed by atoms with van der Waals surface area (Å²) in [5, 5.41) is 7.95. The SMILES string of the molecule is CN1C(=O)c2nc3ccccn3c(=N)c2C1=O. The van der Waals surface area contributed by atoms with E-state index in [9.17, 15) is 9.59 Å². The summed E-state index contributed by atoms with van der Waals surface area (Å²) in [5.41, 5.74) is 0.607. The number of hydrogen-bond acceptors (Lipinski definition) is 4. The van der Waals surface area contributed by atoms with Crippen molar-refractivity contribution in [2.24, 2.45) is 0 Å². The summed E-state index contributed by atoms with van der Waals surface area (Å²) < 4.78 is 1.48. The van der Waals surface area contributed by atoms with Gasteiger partial charge in [0.15, 0.2) is 0 Å². The molecular weight excluding hydrogens is 220 g/mol. The zero-order chi connectivity index (χ0) is 12.2. The van der Waals surface area contributed by atoms with Crippen LogP contribution in [0.2, 0.25) is 0 Å². The third-order valence-electron chi connectivity index (χ3n) is 2.80. The van der Waals surface area contributed by atoms with Crippen LogP contribution in [0.15, 0.2) is 24.4 Å². The van der Waals surface area contributed by atoms with Gasteiger partial charge in [-0.25, -0.2) is 4.98 Å². The first-order valence-electron chi connectivity index (χ1n) is 4.99. The molecule has 3 heterocycles. The van der Waals surface area contributed by atoms with E-state index in [2.05, 4.69) is 4.98 Å². The maximum atomic E-state index is 11.8. The van der Waals surface area contributed by atoms with Crippen molar-refractivity contribution in [3.8, 4) is 0 Å². The van der Waals surface area contributed by atoms with Crippen LogP contribution >= 0.6 is 0 Å². The summed E-state index contributed by atoms with van der Waals surface area (Å²) in [4.78, 5) is 28.7. The van der Waals surface area contributed by atoms with E-state index in [0.717, 1.165) is 4.90 Å². The second-order valence-corrected chi connectivity index (χ2v) is 3.78. The fourth-order valence-electron chi connectivity index (χ4n) is 1.89. The molecule has 0 bridgehead atoms. The Kier molecular flexibility index (Phi) is 1.72. The molecule has 0 saturated heterocycles. The maximum Gasteiger partial charge on any atom is 0.280 e. The summed E-state index contributed by atoms with van der Waals surface area (Å²) >= 11 is 0. The first-order chi connectivity index (χ1) is 8.11. The number of fused-ring (bicyclic) bond motifs is 2. The van der Waals surface area contributed by atoms with Gasteiger partial charge >= 0.3 is 0 Å². The predicted octanol–water partition coefficient (Wildman–Crippen LogP) is 0.0396. The van der Waals surface area contributed by atoms with Crippen LogP contribution in [0.3, 0.4) is 0 Å². The van der Waals surface area contributed by atoms with E-state index in [4.69, 9.17) is 5.41 Å². The van der Waals surface area contributed by atoms with E-state index in [0.29, 0.717) is 5.65 Å². The van der Waals surface area contributed by atoms with Crippen molar-refractivity contribution in [1.29, 1.82) is 5.41 Å². The number of aromatic nitrogens is 2. The summed E-state index contributed by atoms with van der Waals surface area (Å²) in [6.07, 6.45) is 1.64. The normalized spacial score (nSPS) is 14.5. The molecule has 0 unspecified atom stereocenters. The zero-order valence-electron chi connectivity index (χ0n) is 8.97. The van der Waals surface area contributed by atoms with Gasteiger partial charge in [-0.2, -0.15) is 0 Å². The van der Waals surface area contributed by atoms with Gasteiger partial charge in [0.25, 0.3) is 11.8 Å². The van der Waals surface area contributed by atoms with E-state index in [1.165, 1.54) is 11.4 Å². The standard InChI is InChI=1S/C11H8N4O2/c1-14-10(16)7-8(11(14)17)13-6-4-2-3-5-15(6)9(7)12/h2-5,12H,1H3. The van der Waals surface area contributed by atoms with E-state index in [-0.39, 0.29) is 16.7 Å². The summed E-state index contributed by atoms with van der Waals surface area (Å²) in [6.45, 7) is 0. The van der Waals surface area contributed by atoms with E-state index in [1.807, 2.05) is 0 Å². The minimum Gasteiger partial charge on any atom is -0.286 e. The fourth-order valence-corrected chi connectivity index (χ4v) is 1.89. The van der Waals surface area contributed by atoms with Crippen LogP contribution in [-0.4, -0.2) is 33.1 Å². The minimum absolute atomic E-state index is 0.00620. The number of pyridine rings is 1. The molecule has 0 aliphatic carbocycles. The van der Waals surface area contributed by atoms with Gasteiger partial charge in [0.05, 0.1) is 0 Å². The first kappa shape index (κ1) is 9.71. The minimum atomic E-state index is -0.472. The van der Waals surface area contributed by atoms with Crippen LogP contribution in [0.4, 0.5) is 0 Å². The van der Waals surface area contributed by atoms with Gasteiger partial charge in [-0.05, 0) is 12.1 Å². The number of nitrogens with zero attached hydrogens (tertiary/aromatic N) is 3. The Morgan fingerprint density at radius 3 is 2.76 bits per heavy atom. The van der Waals surface area contributed by atoms with Crippen LogP contribution in [0.5, 0.6) is 0 Å². The Morgan fingerprint density at radius 2 is 2.00 bits per heavy atom. The van der Waals surface area contributed by atoms with Crippen molar-refractivity contribution in [2.75, 3.05) is 7.05 Å². The van der Waals surface area contributed by atoms with Gasteiger partial charge in [0, 0.05) is 13.2 Å². The average molecular weight is 228 g/mol. The molecule has 1 aliphatic rings. The van der Waals surface area contributed by atoms with Gasteiger partial charge in [-0.3, -0.25) is 24.3 Å². The molecule has 1 N–H and O–H groups in total. The van der Waals surface area contributed by atoms with Gasteiger partial charge < -0.3 is 0 Å². The Bertz CT molecular complexity index is 732. The quantitative estimate of drug-likeness (QED) is 0.646. The second kappa shape index (κ2) is 3.00. The Morgan fingerprint density at radius 1 is 1.24 bits per heavy atom. The smallest absolute Gasteiger partial charge is 0.280 e. The first-order valence-corrected chi connectivity index (χ1v) is 4.99. The summed E-state index contributed by atoms with van der Waals surface area (Å²) in [6, 6.07) is 5.19. The molecule has 6 heteroatoms. The van der Waals surface area contributed by atoms with E-state index in [1.54, 1.807) is 24.4 Å². The third kappa shape index (κ3) is 1.09. The monoisotopic (exact) mass is 228 g/mol. The maximum absolute atomic E-state index is 11.8. The third-order valence-corrected chi connectivity index (χ3v) is 2.80. The molecule has 84 valence electrons. The van der Waals surface area contributed by atoms with Crippen molar-refractivity contribution in [3.63, 3.8) is 0 Å². The van der Waals surface area contributed by atoms with Crippen molar-refractivity contribution < 1.29 is 9.59 Å². The van der Waals surface area contributed by atoms with Crippen molar-refractivity contribution in [2.45, 2.75) is 0 Å². The number of hydrogen-bond donors (Lipinski definition) is 1. The van der Waals surface area contributed by atoms with E-state index < -0.39 is 11.8 Å². The van der Waals surface area contributed by atoms with Crippen LogP contribution < -0.4 is 5.49 Å². The molecule has 0 aromatic carbocycles. The number of amides is 2. The Balaban J connectivity index is 2.51. The molecule has 2 amide bonds. The molecule has 2 aromatic rings. The highest BCUT2D eigenvalue weighted by Gasteiger charge is 2.36. The number of nitrogens with one attached hydrogen (secondary N) is 1. The average Bonchev–Trinajstić information content (AvgIpc) is 2.55. The van der Waals surface area contributed by atoms with E-state index >= 15 is 0 Å². The molecule has 17 heavy (non-hydrogen) atoms. The molecule has 1 aliphatic heterocycles. The molecule has 6 nitrogen and oxygen atoms in total. The highest BCUT2D eigenvalue weighted by molar-refractivity contribution is 6.20. The topological polar surface area (TPSA) is 78.5 Å². The van der Waals surface area contributed by atoms with Crippen molar-refractivity contribution >= 4 is 17.5 Å². The van der Waals surface area contributed by atoms with Crippen molar-refractivity contribution in [3.05, 3.63) is 41.1 Å². The lowest BCUT2D eigenvalue weighted by Crippen LogP contribution is -2.27. The molecule has 0 radical (unpaired) electrons. The second-order valence-electron chi connectivity index (χ2n) is 3.78. The van der Waals surface area contributed by atoms with Gasteiger partial charge in [0.1, 0.15) is 22.4 Å². The molecule has 0 saturated carbocycles. The lowest BCUT2D eigenvalue weighted by atomic mass is 10.2. The van der Waals surface area contributed by atoms with Crippen molar-refractivity contribution in [1.82, 2.24) is 14.3 Å². The van der Waals surface area contributed by atoms with Gasteiger partial charge in [-0.1, -0.05) is 6.07 Å². The molecule has 0 fully saturated rings. The Hall–Kier alpha value is -2.50. The molecule has 3 rings (SSSR count). The van der Waals surface area contributed by atoms with Crippen LogP contribution in [0.1, 0.15) is 20.8 Å². The molecule has 0 atom stereocenters. The fraction of sp³-hybridized carbons (Fsp3) is 0.0909. The van der Waals surface area contributed by atoms with Crippen LogP contribution in [-0.2, 0) is 0 Å². The summed E-state index contributed by atoms with van der Waals surface area (Å²) in [5.74, 6) is -0.925. The predicted molar refractivity (Wildman–Crippen MR) is 57.5 cm³/mol. The van der Waals surface area contributed by atoms with Crippen LogP contribution in [0, 0.1) is 5.41 Å². The number of imide groups is 1. The molecule has 0 spiro atoms. The molecule has 2 aromatic heterocycles. The summed E-state index contributed by atoms with van der Waals surface area (Å²) in [7, 11) is 1.39. The molecular formula is C11H8N4O2. The zero-order valence-corrected chi connectivity index (χ0v) is 8.97. The number of rotatable bonds is 0. The lowest BCUT2D eigenvalue weighted by Gasteiger charge is -2.02.